The summed E-state index contributed by atoms with van der Waals surface area (Å²) in [4.78, 5) is 12.6. The zero-order valence-electron chi connectivity index (χ0n) is 11.2. The topological polar surface area (TPSA) is 29.5 Å². The van der Waals surface area contributed by atoms with Gasteiger partial charge in [-0.2, -0.15) is 0 Å². The zero-order valence-corrected chi connectivity index (χ0v) is 11.2. The second kappa shape index (κ2) is 6.05. The predicted octanol–water partition coefficient (Wildman–Crippen LogP) is 3.14. The molecular formula is C16H17NO2. The molecule has 0 atom stereocenters. The summed E-state index contributed by atoms with van der Waals surface area (Å²) in [5.74, 6) is 0.766. The predicted molar refractivity (Wildman–Crippen MR) is 76.9 cm³/mol. The highest BCUT2D eigenvalue weighted by molar-refractivity contribution is 5.74. The van der Waals surface area contributed by atoms with E-state index in [1.54, 1.807) is 24.3 Å². The molecule has 0 amide bonds. The molecule has 0 saturated carbocycles. The van der Waals surface area contributed by atoms with Crippen LogP contribution >= 0.6 is 0 Å². The molecule has 3 heteroatoms. The molecule has 0 unspecified atom stereocenters. The Morgan fingerprint density at radius 2 is 1.63 bits per heavy atom. The van der Waals surface area contributed by atoms with Crippen molar-refractivity contribution in [3.8, 4) is 5.75 Å². The normalized spacial score (nSPS) is 10.0. The van der Waals surface area contributed by atoms with Crippen molar-refractivity contribution in [2.24, 2.45) is 0 Å². The van der Waals surface area contributed by atoms with Gasteiger partial charge in [0, 0.05) is 25.3 Å². The van der Waals surface area contributed by atoms with E-state index < -0.39 is 0 Å². The third kappa shape index (κ3) is 3.58. The van der Waals surface area contributed by atoms with Crippen LogP contribution in [0.4, 0.5) is 5.69 Å². The molecule has 0 aliphatic carbocycles. The maximum absolute atomic E-state index is 10.5. The Labute approximate surface area is 113 Å². The minimum absolute atomic E-state index is 0.522. The number of nitrogens with zero attached hydrogens (tertiary/aromatic N) is 1. The van der Waals surface area contributed by atoms with Crippen molar-refractivity contribution >= 4 is 12.0 Å². The third-order valence-electron chi connectivity index (χ3n) is 2.87. The number of aldehydes is 1. The molecular weight excluding hydrogens is 238 g/mol. The van der Waals surface area contributed by atoms with Crippen LogP contribution in [-0.4, -0.2) is 20.4 Å². The van der Waals surface area contributed by atoms with Crippen molar-refractivity contribution in [1.29, 1.82) is 0 Å². The van der Waals surface area contributed by atoms with Gasteiger partial charge >= 0.3 is 0 Å². The van der Waals surface area contributed by atoms with Gasteiger partial charge in [0.15, 0.2) is 0 Å². The van der Waals surface area contributed by atoms with Crippen LogP contribution in [0.2, 0.25) is 0 Å². The second-order valence-electron chi connectivity index (χ2n) is 4.54. The van der Waals surface area contributed by atoms with Crippen LogP contribution in [-0.2, 0) is 6.61 Å². The number of hydrogen-bond donors (Lipinski definition) is 0. The summed E-state index contributed by atoms with van der Waals surface area (Å²) >= 11 is 0. The fraction of sp³-hybridized carbons (Fsp3) is 0.188. The second-order valence-corrected chi connectivity index (χ2v) is 4.54. The molecule has 98 valence electrons. The molecule has 3 nitrogen and oxygen atoms in total. The van der Waals surface area contributed by atoms with Crippen molar-refractivity contribution in [3.63, 3.8) is 0 Å². The van der Waals surface area contributed by atoms with Gasteiger partial charge in [0.1, 0.15) is 18.6 Å². The smallest absolute Gasteiger partial charge is 0.150 e. The fourth-order valence-electron chi connectivity index (χ4n) is 1.70. The highest BCUT2D eigenvalue weighted by Crippen LogP contribution is 2.16. The van der Waals surface area contributed by atoms with Crippen LogP contribution in [0.15, 0.2) is 48.5 Å². The van der Waals surface area contributed by atoms with Gasteiger partial charge in [0.25, 0.3) is 0 Å². The summed E-state index contributed by atoms with van der Waals surface area (Å²) in [6.45, 7) is 0.522. The SMILES string of the molecule is CN(C)c1ccc(COc2ccc(C=O)cc2)cc1. The molecule has 0 saturated heterocycles. The Kier molecular flexibility index (Phi) is 4.18. The Hall–Kier alpha value is -2.29. The molecule has 19 heavy (non-hydrogen) atoms. The first-order valence-electron chi connectivity index (χ1n) is 6.13. The first-order chi connectivity index (χ1) is 9.19. The molecule has 0 bridgehead atoms. The van der Waals surface area contributed by atoms with E-state index in [9.17, 15) is 4.79 Å². The number of carbonyl (C=O) groups excluding carboxylic acids is 1. The number of benzene rings is 2. The quantitative estimate of drug-likeness (QED) is 0.769. The van der Waals surface area contributed by atoms with Gasteiger partial charge < -0.3 is 9.64 Å². The Morgan fingerprint density at radius 3 is 2.16 bits per heavy atom. The Balaban J connectivity index is 1.95. The summed E-state index contributed by atoms with van der Waals surface area (Å²) in [5.41, 5.74) is 2.94. The number of carbonyl (C=O) groups is 1. The first-order valence-corrected chi connectivity index (χ1v) is 6.13. The van der Waals surface area contributed by atoms with Crippen molar-refractivity contribution < 1.29 is 9.53 Å². The molecule has 0 aliphatic rings. The van der Waals surface area contributed by atoms with Gasteiger partial charge in [0.2, 0.25) is 0 Å². The average Bonchev–Trinajstić information content (AvgIpc) is 2.46. The van der Waals surface area contributed by atoms with E-state index in [1.807, 2.05) is 14.1 Å². The van der Waals surface area contributed by atoms with Gasteiger partial charge in [-0.15, -0.1) is 0 Å². The molecule has 0 fully saturated rings. The lowest BCUT2D eigenvalue weighted by molar-refractivity contribution is 0.112. The van der Waals surface area contributed by atoms with Crippen molar-refractivity contribution in [3.05, 3.63) is 59.7 Å². The Morgan fingerprint density at radius 1 is 1.00 bits per heavy atom. The maximum atomic E-state index is 10.5. The van der Waals surface area contributed by atoms with Crippen LogP contribution in [0.25, 0.3) is 0 Å². The van der Waals surface area contributed by atoms with Gasteiger partial charge in [-0.25, -0.2) is 0 Å². The first kappa shape index (κ1) is 13.1. The van der Waals surface area contributed by atoms with E-state index >= 15 is 0 Å². The minimum Gasteiger partial charge on any atom is -0.489 e. The molecule has 0 aliphatic heterocycles. The average molecular weight is 255 g/mol. The summed E-state index contributed by atoms with van der Waals surface area (Å²) in [6.07, 6.45) is 0.823. The van der Waals surface area contributed by atoms with Crippen LogP contribution in [0.3, 0.4) is 0 Å². The molecule has 0 heterocycles. The van der Waals surface area contributed by atoms with Crippen LogP contribution in [0.5, 0.6) is 5.75 Å². The third-order valence-corrected chi connectivity index (χ3v) is 2.87. The number of rotatable bonds is 5. The fourth-order valence-corrected chi connectivity index (χ4v) is 1.70. The summed E-state index contributed by atoms with van der Waals surface area (Å²) in [7, 11) is 4.03. The van der Waals surface area contributed by atoms with Crippen molar-refractivity contribution in [1.82, 2.24) is 0 Å². The van der Waals surface area contributed by atoms with E-state index in [1.165, 1.54) is 5.69 Å². The van der Waals surface area contributed by atoms with Gasteiger partial charge in [-0.3, -0.25) is 4.79 Å². The molecule has 0 N–H and O–H groups in total. The lowest BCUT2D eigenvalue weighted by atomic mass is 10.2. The molecule has 2 rings (SSSR count). The maximum Gasteiger partial charge on any atom is 0.150 e. The summed E-state index contributed by atoms with van der Waals surface area (Å²) in [6, 6.07) is 15.3. The van der Waals surface area contributed by atoms with E-state index in [-0.39, 0.29) is 0 Å². The van der Waals surface area contributed by atoms with E-state index in [0.29, 0.717) is 12.2 Å². The highest BCUT2D eigenvalue weighted by Gasteiger charge is 1.98. The summed E-state index contributed by atoms with van der Waals surface area (Å²) < 4.78 is 5.66. The molecule has 0 radical (unpaired) electrons. The zero-order chi connectivity index (χ0) is 13.7. The van der Waals surface area contributed by atoms with E-state index in [4.69, 9.17) is 4.74 Å². The van der Waals surface area contributed by atoms with Crippen molar-refractivity contribution in [2.45, 2.75) is 6.61 Å². The number of ether oxygens (including phenoxy) is 1. The largest absolute Gasteiger partial charge is 0.489 e. The summed E-state index contributed by atoms with van der Waals surface area (Å²) in [5, 5.41) is 0. The highest BCUT2D eigenvalue weighted by atomic mass is 16.5. The van der Waals surface area contributed by atoms with E-state index in [0.717, 1.165) is 17.6 Å². The van der Waals surface area contributed by atoms with Gasteiger partial charge in [-0.05, 0) is 42.0 Å². The lowest BCUT2D eigenvalue weighted by Crippen LogP contribution is -2.08. The molecule has 2 aromatic carbocycles. The number of anilines is 1. The monoisotopic (exact) mass is 255 g/mol. The molecule has 0 spiro atoms. The minimum atomic E-state index is 0.522. The Bertz CT molecular complexity index is 530. The van der Waals surface area contributed by atoms with Crippen molar-refractivity contribution in [2.75, 3.05) is 19.0 Å². The lowest BCUT2D eigenvalue weighted by Gasteiger charge is -2.13. The standard InChI is InChI=1S/C16H17NO2/c1-17(2)15-7-3-14(4-8-15)12-19-16-9-5-13(11-18)6-10-16/h3-11H,12H2,1-2H3. The van der Waals surface area contributed by atoms with Crippen LogP contribution in [0.1, 0.15) is 15.9 Å². The van der Waals surface area contributed by atoms with E-state index in [2.05, 4.69) is 29.2 Å². The number of hydrogen-bond acceptors (Lipinski definition) is 3. The molecule has 0 aromatic heterocycles. The van der Waals surface area contributed by atoms with Crippen LogP contribution < -0.4 is 9.64 Å². The van der Waals surface area contributed by atoms with Gasteiger partial charge in [0.05, 0.1) is 0 Å². The van der Waals surface area contributed by atoms with Crippen LogP contribution in [0, 0.1) is 0 Å². The van der Waals surface area contributed by atoms with Gasteiger partial charge in [-0.1, -0.05) is 12.1 Å². The molecule has 2 aromatic rings.